The van der Waals surface area contributed by atoms with Crippen LogP contribution in [-0.2, 0) is 0 Å². The van der Waals surface area contributed by atoms with E-state index >= 15 is 0 Å². The van der Waals surface area contributed by atoms with E-state index in [2.05, 4.69) is 10.2 Å². The molecule has 0 aliphatic rings. The predicted octanol–water partition coefficient (Wildman–Crippen LogP) is -0.0706. The van der Waals surface area contributed by atoms with Crippen LogP contribution in [0.2, 0.25) is 0 Å². The second-order valence-electron chi connectivity index (χ2n) is 1.30. The van der Waals surface area contributed by atoms with E-state index in [-0.39, 0.29) is 3.27 Å². The minimum atomic E-state index is -0.827. The summed E-state index contributed by atoms with van der Waals surface area (Å²) < 4.78 is 24.4. The average Bonchev–Trinajstić information content (AvgIpc) is 1.83. The molecule has 0 saturated heterocycles. The zero-order chi connectivity index (χ0) is 6.85. The predicted molar refractivity (Wildman–Crippen MR) is 21.6 cm³/mol. The summed E-state index contributed by atoms with van der Waals surface area (Å²) in [6.45, 7) is 0. The van der Waals surface area contributed by atoms with Crippen molar-refractivity contribution < 1.29 is 33.5 Å². The zero-order valence-corrected chi connectivity index (χ0v) is 7.04. The van der Waals surface area contributed by atoms with Crippen LogP contribution in [-0.4, -0.2) is 10.2 Å². The van der Waals surface area contributed by atoms with Crippen molar-refractivity contribution in [1.29, 1.82) is 0 Å². The number of hydrogen-bond donors (Lipinski definition) is 0. The van der Waals surface area contributed by atoms with E-state index in [1.165, 1.54) is 0 Å². The van der Waals surface area contributed by atoms with E-state index < -0.39 is 11.8 Å². The number of hydrogen-bond acceptors (Lipinski definition) is 2. The van der Waals surface area contributed by atoms with E-state index in [1.807, 2.05) is 0 Å². The fraction of sp³-hybridized carbons (Fsp3) is 0. The van der Waals surface area contributed by atoms with Crippen molar-refractivity contribution in [3.8, 4) is 0 Å². The molecule has 1 aromatic heterocycles. The summed E-state index contributed by atoms with van der Waals surface area (Å²) in [7, 11) is 0. The van der Waals surface area contributed by atoms with E-state index in [0.717, 1.165) is 30.9 Å². The molecule has 0 N–H and O–H groups in total. The molecule has 0 radical (unpaired) electrons. The minimum absolute atomic E-state index is 0.0370. The molecular formula is C4HAtF2N2. The summed E-state index contributed by atoms with van der Waals surface area (Å²) >= 11 is 0.913. The molecule has 1 rings (SSSR count). The molecule has 5 heteroatoms. The SMILES string of the molecule is Fc1cnnc(F)c1[At]. The Morgan fingerprint density at radius 2 is 2.11 bits per heavy atom. The van der Waals surface area contributed by atoms with Crippen molar-refractivity contribution >= 4 is 3.27 Å². The van der Waals surface area contributed by atoms with E-state index in [1.54, 1.807) is 0 Å². The summed E-state index contributed by atoms with van der Waals surface area (Å²) in [5, 5.41) is 6.05. The number of halogens is 2. The molecule has 0 spiro atoms. The second kappa shape index (κ2) is 2.61. The first-order chi connectivity index (χ1) is 4.22. The average molecular weight is 325 g/mol. The van der Waals surface area contributed by atoms with Gasteiger partial charge in [0.1, 0.15) is 0 Å². The Hall–Kier alpha value is -0.177. The molecule has 9 heavy (non-hydrogen) atoms. The maximum atomic E-state index is 12.3. The normalized spacial score (nSPS) is 9.67. The van der Waals surface area contributed by atoms with Gasteiger partial charge < -0.3 is 0 Å². The molecule has 48 valence electrons. The summed E-state index contributed by atoms with van der Waals surface area (Å²) in [4.78, 5) is 0. The molecule has 0 aromatic carbocycles. The van der Waals surface area contributed by atoms with Gasteiger partial charge in [-0.1, -0.05) is 0 Å². The van der Waals surface area contributed by atoms with Crippen LogP contribution in [0.25, 0.3) is 0 Å². The van der Waals surface area contributed by atoms with Crippen molar-refractivity contribution in [3.05, 3.63) is 18.0 Å². The summed E-state index contributed by atoms with van der Waals surface area (Å²) in [5.41, 5.74) is 0. The van der Waals surface area contributed by atoms with Gasteiger partial charge in [-0.15, -0.1) is 0 Å². The van der Waals surface area contributed by atoms with Gasteiger partial charge in [-0.05, 0) is 0 Å². The standard InChI is InChI=1S/C4HAtF2N2/c5-3-2(6)1-8-9-4(3)7/h1H. The zero-order valence-electron chi connectivity index (χ0n) is 4.11. The van der Waals surface area contributed by atoms with Gasteiger partial charge in [0, 0.05) is 0 Å². The van der Waals surface area contributed by atoms with Gasteiger partial charge >= 0.3 is 64.9 Å². The molecule has 0 saturated carbocycles. The van der Waals surface area contributed by atoms with Gasteiger partial charge in [0.15, 0.2) is 0 Å². The van der Waals surface area contributed by atoms with Crippen molar-refractivity contribution in [1.82, 2.24) is 10.2 Å². The molecule has 0 atom stereocenters. The molecule has 2 nitrogen and oxygen atoms in total. The van der Waals surface area contributed by atoms with Crippen LogP contribution in [0.5, 0.6) is 0 Å². The fourth-order valence-corrected chi connectivity index (χ4v) is 0.666. The van der Waals surface area contributed by atoms with Crippen LogP contribution in [0.1, 0.15) is 0 Å². The third-order valence-electron chi connectivity index (χ3n) is 0.707. The fourth-order valence-electron chi connectivity index (χ4n) is 0.329. The summed E-state index contributed by atoms with van der Waals surface area (Å²) in [6.07, 6.45) is 0.887. The second-order valence-corrected chi connectivity index (χ2v) is 2.77. The Balaban J connectivity index is 3.25. The first-order valence-corrected chi connectivity index (χ1v) is 3.51. The van der Waals surface area contributed by atoms with Gasteiger partial charge in [0.05, 0.1) is 0 Å². The summed E-state index contributed by atoms with van der Waals surface area (Å²) in [5.74, 6) is -1.47. The van der Waals surface area contributed by atoms with E-state index in [4.69, 9.17) is 0 Å². The molecule has 1 heterocycles. The third kappa shape index (κ3) is 1.39. The Bertz CT molecular complexity index is 208. The molecule has 0 amide bonds. The van der Waals surface area contributed by atoms with Gasteiger partial charge in [-0.3, -0.25) is 0 Å². The van der Waals surface area contributed by atoms with E-state index in [9.17, 15) is 8.78 Å². The van der Waals surface area contributed by atoms with Gasteiger partial charge in [0.2, 0.25) is 0 Å². The van der Waals surface area contributed by atoms with Crippen LogP contribution in [0.15, 0.2) is 6.20 Å². The maximum absolute atomic E-state index is 12.3. The van der Waals surface area contributed by atoms with Crippen LogP contribution in [0.4, 0.5) is 8.78 Å². The Kier molecular flexibility index (Phi) is 2.01. The quantitative estimate of drug-likeness (QED) is 0.667. The molecule has 0 aliphatic heterocycles. The van der Waals surface area contributed by atoms with Crippen LogP contribution in [0.3, 0.4) is 0 Å². The molecule has 0 aliphatic carbocycles. The van der Waals surface area contributed by atoms with Crippen LogP contribution >= 0.6 is 0 Å². The topological polar surface area (TPSA) is 25.8 Å². The van der Waals surface area contributed by atoms with E-state index in [0.29, 0.717) is 0 Å². The van der Waals surface area contributed by atoms with Crippen molar-refractivity contribution in [2.24, 2.45) is 0 Å². The molecular weight excluding hydrogens is 324 g/mol. The van der Waals surface area contributed by atoms with Crippen molar-refractivity contribution in [2.75, 3.05) is 0 Å². The number of rotatable bonds is 0. The Labute approximate surface area is 65.1 Å². The molecule has 0 fully saturated rings. The number of nitrogens with zero attached hydrogens (tertiary/aromatic N) is 2. The van der Waals surface area contributed by atoms with Crippen LogP contribution in [0, 0.1) is 36.5 Å². The van der Waals surface area contributed by atoms with Gasteiger partial charge in [-0.2, -0.15) is 0 Å². The monoisotopic (exact) mass is 325 g/mol. The van der Waals surface area contributed by atoms with Crippen molar-refractivity contribution in [3.63, 3.8) is 0 Å². The molecule has 1 aromatic rings. The Morgan fingerprint density at radius 1 is 1.44 bits per heavy atom. The van der Waals surface area contributed by atoms with Crippen molar-refractivity contribution in [2.45, 2.75) is 0 Å². The first kappa shape index (κ1) is 6.94. The third-order valence-corrected chi connectivity index (χ3v) is 2.02. The molecule has 0 bridgehead atoms. The molecule has 0 unspecified atom stereocenters. The summed E-state index contributed by atoms with van der Waals surface area (Å²) in [6, 6.07) is 0. The van der Waals surface area contributed by atoms with Gasteiger partial charge in [0.25, 0.3) is 0 Å². The Morgan fingerprint density at radius 3 is 2.56 bits per heavy atom. The van der Waals surface area contributed by atoms with Gasteiger partial charge in [-0.25, -0.2) is 0 Å². The first-order valence-electron chi connectivity index (χ1n) is 2.04. The number of aromatic nitrogens is 2. The van der Waals surface area contributed by atoms with Crippen LogP contribution < -0.4 is 3.27 Å².